The summed E-state index contributed by atoms with van der Waals surface area (Å²) >= 11 is 0.363. The van der Waals surface area contributed by atoms with Gasteiger partial charge in [-0.05, 0) is 6.92 Å². The average molecular weight is 307 g/mol. The fourth-order valence-corrected chi connectivity index (χ4v) is 3.46. The predicted octanol–water partition coefficient (Wildman–Crippen LogP) is 0.0632. The lowest BCUT2D eigenvalue weighted by molar-refractivity contribution is 0.236. The molecule has 0 saturated carbocycles. The molecule has 0 aliphatic heterocycles. The van der Waals surface area contributed by atoms with Crippen molar-refractivity contribution in [1.82, 2.24) is 4.98 Å². The molecule has 0 fully saturated rings. The topological polar surface area (TPSA) is 119 Å². The maximum Gasteiger partial charge on any atom is 0.355 e. The maximum absolute atomic E-state index is 12.0. The lowest BCUT2D eigenvalue weighted by Crippen LogP contribution is -2.20. The van der Waals surface area contributed by atoms with E-state index < -0.39 is 30.9 Å². The van der Waals surface area contributed by atoms with E-state index in [2.05, 4.69) is 4.98 Å². The van der Waals surface area contributed by atoms with Crippen LogP contribution in [0.4, 0.5) is 13.9 Å². The molecule has 1 aromatic rings. The number of rotatable bonds is 4. The van der Waals surface area contributed by atoms with Crippen molar-refractivity contribution < 1.29 is 25.6 Å². The van der Waals surface area contributed by atoms with Crippen LogP contribution in [0.15, 0.2) is 4.21 Å². The maximum atomic E-state index is 12.0. The summed E-state index contributed by atoms with van der Waals surface area (Å²) in [6.07, 6.45) is 0. The molecule has 7 nitrogen and oxygen atoms in total. The molecule has 0 bridgehead atoms. The molecule has 0 aliphatic rings. The zero-order valence-electron chi connectivity index (χ0n) is 8.22. The normalized spacial score (nSPS) is 13.0. The van der Waals surface area contributed by atoms with Crippen molar-refractivity contribution in [1.29, 1.82) is 0 Å². The highest BCUT2D eigenvalue weighted by molar-refractivity contribution is 7.93. The minimum Gasteiger partial charge on any atom is -0.254 e. The summed E-state index contributed by atoms with van der Waals surface area (Å²) in [5.41, 5.74) is -0.0653. The lowest BCUT2D eigenvalue weighted by atomic mass is 10.6. The quantitative estimate of drug-likeness (QED) is 0.815. The fourth-order valence-electron chi connectivity index (χ4n) is 0.856. The largest absolute Gasteiger partial charge is 0.355 e. The number of sulfonamides is 2. The summed E-state index contributed by atoms with van der Waals surface area (Å²) in [4.78, 5) is 3.48. The van der Waals surface area contributed by atoms with E-state index in [1.54, 1.807) is 0 Å². The standard InChI is InChI=1S/C5H7F2N3O4S3/c1-2-3(16(8,11)12)15-5(9-2)10-17(13,14)4(6)7/h4H,1H3,(H,9,10)(H2,8,11,12). The molecule has 1 aromatic heterocycles. The molecule has 3 N–H and O–H groups in total. The number of nitrogens with one attached hydrogen (secondary N) is 1. The Kier molecular flexibility index (Phi) is 3.71. The van der Waals surface area contributed by atoms with Gasteiger partial charge >= 0.3 is 5.76 Å². The van der Waals surface area contributed by atoms with Gasteiger partial charge in [-0.1, -0.05) is 11.3 Å². The molecule has 1 rings (SSSR count). The van der Waals surface area contributed by atoms with E-state index in [9.17, 15) is 25.6 Å². The Morgan fingerprint density at radius 1 is 1.35 bits per heavy atom. The van der Waals surface area contributed by atoms with Crippen molar-refractivity contribution in [3.63, 3.8) is 0 Å². The zero-order chi connectivity index (χ0) is 13.4. The number of alkyl halides is 2. The zero-order valence-corrected chi connectivity index (χ0v) is 10.7. The van der Waals surface area contributed by atoms with Crippen molar-refractivity contribution in [2.45, 2.75) is 16.9 Å². The van der Waals surface area contributed by atoms with E-state index >= 15 is 0 Å². The van der Waals surface area contributed by atoms with E-state index in [-0.39, 0.29) is 9.90 Å². The molecule has 1 heterocycles. The first kappa shape index (κ1) is 14.2. The van der Waals surface area contributed by atoms with E-state index in [1.807, 2.05) is 0 Å². The fraction of sp³-hybridized carbons (Fsp3) is 0.400. The van der Waals surface area contributed by atoms with Crippen molar-refractivity contribution in [3.8, 4) is 0 Å². The summed E-state index contributed by atoms with van der Waals surface area (Å²) in [5, 5.41) is 4.33. The van der Waals surface area contributed by atoms with Crippen molar-refractivity contribution in [3.05, 3.63) is 5.69 Å². The highest BCUT2D eigenvalue weighted by atomic mass is 32.2. The Labute approximate surface area is 99.8 Å². The van der Waals surface area contributed by atoms with Gasteiger partial charge in [-0.3, -0.25) is 4.72 Å². The van der Waals surface area contributed by atoms with Crippen LogP contribution in [0.5, 0.6) is 0 Å². The molecule has 0 spiro atoms. The van der Waals surface area contributed by atoms with Gasteiger partial charge in [0.25, 0.3) is 10.0 Å². The van der Waals surface area contributed by atoms with Crippen LogP contribution in [-0.4, -0.2) is 27.6 Å². The molecule has 0 aromatic carbocycles. The Balaban J connectivity index is 3.13. The third kappa shape index (κ3) is 3.31. The number of primary sulfonamides is 1. The summed E-state index contributed by atoms with van der Waals surface area (Å²) < 4.78 is 68.7. The molecule has 17 heavy (non-hydrogen) atoms. The van der Waals surface area contributed by atoms with Crippen LogP contribution >= 0.6 is 11.3 Å². The van der Waals surface area contributed by atoms with Gasteiger partial charge in [0.2, 0.25) is 10.0 Å². The lowest BCUT2D eigenvalue weighted by Gasteiger charge is -2.01. The SMILES string of the molecule is Cc1nc(NS(=O)(=O)C(F)F)sc1S(N)(=O)=O. The number of anilines is 1. The van der Waals surface area contributed by atoms with E-state index in [0.29, 0.717) is 11.3 Å². The number of hydrogen-bond donors (Lipinski definition) is 2. The van der Waals surface area contributed by atoms with Crippen LogP contribution in [0, 0.1) is 6.92 Å². The molecule has 12 heteroatoms. The number of halogens is 2. The third-order valence-corrected chi connectivity index (χ3v) is 5.18. The number of aromatic nitrogens is 1. The van der Waals surface area contributed by atoms with E-state index in [1.165, 1.54) is 11.6 Å². The summed E-state index contributed by atoms with van der Waals surface area (Å²) in [6, 6.07) is 0. The highest BCUT2D eigenvalue weighted by Crippen LogP contribution is 2.27. The molecule has 0 atom stereocenters. The van der Waals surface area contributed by atoms with Gasteiger partial charge < -0.3 is 0 Å². The van der Waals surface area contributed by atoms with Crippen molar-refractivity contribution >= 4 is 36.5 Å². The Morgan fingerprint density at radius 3 is 2.24 bits per heavy atom. The summed E-state index contributed by atoms with van der Waals surface area (Å²) in [7, 11) is -8.93. The smallest absolute Gasteiger partial charge is 0.254 e. The highest BCUT2D eigenvalue weighted by Gasteiger charge is 2.26. The van der Waals surface area contributed by atoms with Gasteiger partial charge in [-0.15, -0.1) is 0 Å². The number of nitrogens with two attached hydrogens (primary N) is 1. The first-order chi connectivity index (χ1) is 7.54. The third-order valence-electron chi connectivity index (χ3n) is 1.48. The second kappa shape index (κ2) is 4.44. The Bertz CT molecular complexity index is 621. The second-order valence-electron chi connectivity index (χ2n) is 2.84. The molecule has 98 valence electrons. The number of thiazole rings is 1. The molecular weight excluding hydrogens is 300 g/mol. The van der Waals surface area contributed by atoms with Crippen LogP contribution < -0.4 is 9.86 Å². The van der Waals surface area contributed by atoms with Gasteiger partial charge in [0.1, 0.15) is 0 Å². The molecule has 0 radical (unpaired) electrons. The van der Waals surface area contributed by atoms with Gasteiger partial charge in [0, 0.05) is 0 Å². The van der Waals surface area contributed by atoms with Crippen LogP contribution in [0.2, 0.25) is 0 Å². The van der Waals surface area contributed by atoms with Crippen LogP contribution in [0.25, 0.3) is 0 Å². The van der Waals surface area contributed by atoms with Crippen LogP contribution in [0.1, 0.15) is 5.69 Å². The van der Waals surface area contributed by atoms with E-state index in [0.717, 1.165) is 0 Å². The molecule has 0 saturated heterocycles. The molecular formula is C5H7F2N3O4S3. The Morgan fingerprint density at radius 2 is 1.88 bits per heavy atom. The monoisotopic (exact) mass is 307 g/mol. The molecule has 0 aliphatic carbocycles. The predicted molar refractivity (Wildman–Crippen MR) is 56.8 cm³/mol. The minimum atomic E-state index is -4.87. The first-order valence-corrected chi connectivity index (χ1v) is 7.75. The van der Waals surface area contributed by atoms with E-state index in [4.69, 9.17) is 5.14 Å². The number of hydrogen-bond acceptors (Lipinski definition) is 6. The van der Waals surface area contributed by atoms with Crippen molar-refractivity contribution in [2.75, 3.05) is 4.72 Å². The first-order valence-electron chi connectivity index (χ1n) is 3.84. The van der Waals surface area contributed by atoms with Gasteiger partial charge in [0.05, 0.1) is 5.69 Å². The second-order valence-corrected chi connectivity index (χ2v) is 7.25. The van der Waals surface area contributed by atoms with Crippen LogP contribution in [-0.2, 0) is 20.0 Å². The Hall–Kier alpha value is -0.850. The van der Waals surface area contributed by atoms with Gasteiger partial charge in [0.15, 0.2) is 9.34 Å². The number of aryl methyl sites for hydroxylation is 1. The number of nitrogens with zero attached hydrogens (tertiary/aromatic N) is 1. The minimum absolute atomic E-state index is 0.0653. The van der Waals surface area contributed by atoms with Gasteiger partial charge in [-0.25, -0.2) is 27.0 Å². The molecule has 0 unspecified atom stereocenters. The van der Waals surface area contributed by atoms with Gasteiger partial charge in [-0.2, -0.15) is 8.78 Å². The van der Waals surface area contributed by atoms with Crippen molar-refractivity contribution in [2.24, 2.45) is 5.14 Å². The average Bonchev–Trinajstić information content (AvgIpc) is 2.44. The molecule has 0 amide bonds. The summed E-state index contributed by atoms with van der Waals surface area (Å²) in [5.74, 6) is -3.63. The van der Waals surface area contributed by atoms with Crippen LogP contribution in [0.3, 0.4) is 0 Å². The summed E-state index contributed by atoms with van der Waals surface area (Å²) in [6.45, 7) is 1.26.